The van der Waals surface area contributed by atoms with Crippen LogP contribution in [0.4, 0.5) is 0 Å². The van der Waals surface area contributed by atoms with Crippen LogP contribution in [-0.2, 0) is 0 Å². The number of methoxy groups -OCH3 is 1. The summed E-state index contributed by atoms with van der Waals surface area (Å²) in [5, 5.41) is -0.636. The molecule has 14 heavy (non-hydrogen) atoms. The lowest BCUT2D eigenvalue weighted by Crippen LogP contribution is -2.00. The molecule has 5 heteroatoms. The molecule has 0 radical (unpaired) electrons. The topological polar surface area (TPSA) is 43.4 Å². The molecule has 0 N–H and O–H groups in total. The molecule has 1 aromatic carbocycles. The number of aldehydes is 1. The molecular formula is C9H6ClIO3. The second kappa shape index (κ2) is 4.75. The molecule has 1 rings (SSSR count). The van der Waals surface area contributed by atoms with Crippen LogP contribution in [0, 0.1) is 3.57 Å². The van der Waals surface area contributed by atoms with Crippen LogP contribution in [0.15, 0.2) is 12.1 Å². The number of hydrogen-bond acceptors (Lipinski definition) is 3. The van der Waals surface area contributed by atoms with Gasteiger partial charge in [0.1, 0.15) is 5.75 Å². The van der Waals surface area contributed by atoms with E-state index in [9.17, 15) is 9.59 Å². The molecule has 1 aromatic rings. The van der Waals surface area contributed by atoms with Crippen molar-refractivity contribution in [3.8, 4) is 5.75 Å². The van der Waals surface area contributed by atoms with Gasteiger partial charge in [0.2, 0.25) is 0 Å². The lowest BCUT2D eigenvalue weighted by Gasteiger charge is -2.07. The molecule has 0 saturated carbocycles. The molecule has 0 atom stereocenters. The van der Waals surface area contributed by atoms with E-state index < -0.39 is 5.24 Å². The average Bonchev–Trinajstić information content (AvgIpc) is 2.16. The standard InChI is InChI=1S/C9H6ClIO3/c1-14-8-5(4-12)2-6(11)3-7(8)9(10)13/h2-4H,1H3. The van der Waals surface area contributed by atoms with E-state index in [0.29, 0.717) is 11.8 Å². The number of carbonyl (C=O) groups is 2. The van der Waals surface area contributed by atoms with Gasteiger partial charge in [0.25, 0.3) is 5.24 Å². The minimum Gasteiger partial charge on any atom is -0.495 e. The van der Waals surface area contributed by atoms with Crippen molar-refractivity contribution < 1.29 is 14.3 Å². The minimum absolute atomic E-state index is 0.211. The summed E-state index contributed by atoms with van der Waals surface area (Å²) in [6, 6.07) is 3.19. The largest absolute Gasteiger partial charge is 0.495 e. The van der Waals surface area contributed by atoms with Crippen molar-refractivity contribution in [1.82, 2.24) is 0 Å². The van der Waals surface area contributed by atoms with Crippen LogP contribution >= 0.6 is 34.2 Å². The third-order valence-corrected chi connectivity index (χ3v) is 2.45. The first-order valence-electron chi connectivity index (χ1n) is 3.62. The van der Waals surface area contributed by atoms with Crippen molar-refractivity contribution in [3.05, 3.63) is 26.8 Å². The molecule has 0 fully saturated rings. The van der Waals surface area contributed by atoms with E-state index in [1.165, 1.54) is 7.11 Å². The molecule has 0 unspecified atom stereocenters. The van der Waals surface area contributed by atoms with E-state index in [2.05, 4.69) is 0 Å². The first-order chi connectivity index (χ1) is 6.60. The summed E-state index contributed by atoms with van der Waals surface area (Å²) < 4.78 is 5.70. The number of carbonyl (C=O) groups excluding carboxylic acids is 2. The van der Waals surface area contributed by atoms with Crippen LogP contribution < -0.4 is 4.74 Å². The normalized spacial score (nSPS) is 9.64. The van der Waals surface area contributed by atoms with Gasteiger partial charge in [-0.3, -0.25) is 9.59 Å². The summed E-state index contributed by atoms with van der Waals surface area (Å²) in [6.45, 7) is 0. The lowest BCUT2D eigenvalue weighted by atomic mass is 10.1. The highest BCUT2D eigenvalue weighted by Crippen LogP contribution is 2.26. The van der Waals surface area contributed by atoms with Crippen LogP contribution in [0.5, 0.6) is 5.75 Å². The fraction of sp³-hybridized carbons (Fsp3) is 0.111. The fourth-order valence-corrected chi connectivity index (χ4v) is 1.86. The van der Waals surface area contributed by atoms with E-state index in [-0.39, 0.29) is 11.3 Å². The molecule has 74 valence electrons. The summed E-state index contributed by atoms with van der Waals surface area (Å²) in [4.78, 5) is 21.7. The smallest absolute Gasteiger partial charge is 0.256 e. The van der Waals surface area contributed by atoms with E-state index in [1.54, 1.807) is 12.1 Å². The quantitative estimate of drug-likeness (QED) is 0.487. The Kier molecular flexibility index (Phi) is 3.88. The summed E-state index contributed by atoms with van der Waals surface area (Å²) in [5.41, 5.74) is 0.534. The number of hydrogen-bond donors (Lipinski definition) is 0. The predicted molar refractivity (Wildman–Crippen MR) is 61.3 cm³/mol. The Bertz CT molecular complexity index is 390. The number of rotatable bonds is 3. The Hall–Kier alpha value is -0.620. The third-order valence-electron chi connectivity index (χ3n) is 1.63. The third kappa shape index (κ3) is 2.24. The Morgan fingerprint density at radius 1 is 1.57 bits per heavy atom. The molecule has 0 spiro atoms. The van der Waals surface area contributed by atoms with E-state index in [1.807, 2.05) is 22.6 Å². The monoisotopic (exact) mass is 324 g/mol. The molecule has 0 aliphatic heterocycles. The van der Waals surface area contributed by atoms with Crippen molar-refractivity contribution in [2.45, 2.75) is 0 Å². The first kappa shape index (κ1) is 11.5. The van der Waals surface area contributed by atoms with E-state index in [4.69, 9.17) is 16.3 Å². The summed E-state index contributed by atoms with van der Waals surface area (Å²) in [7, 11) is 1.39. The average molecular weight is 325 g/mol. The highest BCUT2D eigenvalue weighted by atomic mass is 127. The maximum absolute atomic E-state index is 11.0. The van der Waals surface area contributed by atoms with Gasteiger partial charge in [-0.25, -0.2) is 0 Å². The van der Waals surface area contributed by atoms with Gasteiger partial charge in [-0.1, -0.05) is 0 Å². The van der Waals surface area contributed by atoms with Crippen LogP contribution in [0.1, 0.15) is 20.7 Å². The van der Waals surface area contributed by atoms with Crippen LogP contribution in [0.2, 0.25) is 0 Å². The highest BCUT2D eigenvalue weighted by molar-refractivity contribution is 14.1. The van der Waals surface area contributed by atoms with Gasteiger partial charge in [0, 0.05) is 3.57 Å². The molecule has 0 aliphatic carbocycles. The van der Waals surface area contributed by atoms with Gasteiger partial charge in [-0.2, -0.15) is 0 Å². The predicted octanol–water partition coefficient (Wildman–Crippen LogP) is 2.49. The molecule has 3 nitrogen and oxygen atoms in total. The summed E-state index contributed by atoms with van der Waals surface area (Å²) in [6.07, 6.45) is 0.629. The molecule has 0 aliphatic rings. The molecule has 0 heterocycles. The Balaban J connectivity index is 3.46. The molecule has 0 saturated heterocycles. The van der Waals surface area contributed by atoms with Gasteiger partial charge in [0.05, 0.1) is 18.2 Å². The van der Waals surface area contributed by atoms with Crippen molar-refractivity contribution in [1.29, 1.82) is 0 Å². The van der Waals surface area contributed by atoms with Gasteiger partial charge in [0.15, 0.2) is 6.29 Å². The zero-order valence-corrected chi connectivity index (χ0v) is 10.1. The van der Waals surface area contributed by atoms with Crippen LogP contribution in [-0.4, -0.2) is 18.6 Å². The minimum atomic E-state index is -0.636. The molecule has 0 aromatic heterocycles. The molecular weight excluding hydrogens is 318 g/mol. The van der Waals surface area contributed by atoms with Gasteiger partial charge >= 0.3 is 0 Å². The second-order valence-corrected chi connectivity index (χ2v) is 4.06. The highest BCUT2D eigenvalue weighted by Gasteiger charge is 2.14. The Morgan fingerprint density at radius 2 is 2.21 bits per heavy atom. The fourth-order valence-electron chi connectivity index (χ4n) is 1.08. The van der Waals surface area contributed by atoms with Gasteiger partial charge in [-0.15, -0.1) is 0 Å². The summed E-state index contributed by atoms with van der Waals surface area (Å²) in [5.74, 6) is 0.223. The van der Waals surface area contributed by atoms with Crippen molar-refractivity contribution in [2.75, 3.05) is 7.11 Å². The Labute approximate surface area is 99.5 Å². The van der Waals surface area contributed by atoms with Gasteiger partial charge in [-0.05, 0) is 46.3 Å². The van der Waals surface area contributed by atoms with Crippen LogP contribution in [0.25, 0.3) is 0 Å². The second-order valence-electron chi connectivity index (χ2n) is 2.47. The van der Waals surface area contributed by atoms with Crippen molar-refractivity contribution >= 4 is 45.7 Å². The first-order valence-corrected chi connectivity index (χ1v) is 5.08. The van der Waals surface area contributed by atoms with Gasteiger partial charge < -0.3 is 4.74 Å². The zero-order valence-electron chi connectivity index (χ0n) is 7.21. The Morgan fingerprint density at radius 3 is 2.64 bits per heavy atom. The van der Waals surface area contributed by atoms with Crippen molar-refractivity contribution in [3.63, 3.8) is 0 Å². The molecule has 0 amide bonds. The lowest BCUT2D eigenvalue weighted by molar-refractivity contribution is 0.107. The molecule has 0 bridgehead atoms. The van der Waals surface area contributed by atoms with Crippen LogP contribution in [0.3, 0.4) is 0 Å². The van der Waals surface area contributed by atoms with E-state index in [0.717, 1.165) is 3.57 Å². The maximum atomic E-state index is 11.0. The van der Waals surface area contributed by atoms with Crippen molar-refractivity contribution in [2.24, 2.45) is 0 Å². The maximum Gasteiger partial charge on any atom is 0.256 e. The SMILES string of the molecule is COc1c(C=O)cc(I)cc1C(=O)Cl. The number of halogens is 2. The van der Waals surface area contributed by atoms with E-state index >= 15 is 0 Å². The zero-order chi connectivity index (χ0) is 10.7. The number of benzene rings is 1. The summed E-state index contributed by atoms with van der Waals surface area (Å²) >= 11 is 7.35. The number of ether oxygens (including phenoxy) is 1.